The van der Waals surface area contributed by atoms with Crippen LogP contribution in [-0.4, -0.2) is 24.5 Å². The number of likely N-dealkylation sites (tertiary alicyclic amines) is 1. The topological polar surface area (TPSA) is 28.4 Å². The molecular formula is C17H30N2O. The van der Waals surface area contributed by atoms with Crippen LogP contribution in [-0.2, 0) is 13.1 Å². The van der Waals surface area contributed by atoms with Crippen molar-refractivity contribution in [2.45, 2.75) is 53.6 Å². The number of hydrogen-bond donors (Lipinski definition) is 1. The monoisotopic (exact) mass is 278 g/mol. The summed E-state index contributed by atoms with van der Waals surface area (Å²) in [5.74, 6) is 3.80. The molecule has 3 heteroatoms. The summed E-state index contributed by atoms with van der Waals surface area (Å²) in [4.78, 5) is 2.53. The predicted octanol–water partition coefficient (Wildman–Crippen LogP) is 3.57. The van der Waals surface area contributed by atoms with E-state index in [1.165, 1.54) is 31.5 Å². The van der Waals surface area contributed by atoms with Crippen molar-refractivity contribution in [3.8, 4) is 0 Å². The summed E-state index contributed by atoms with van der Waals surface area (Å²) in [7, 11) is 0. The van der Waals surface area contributed by atoms with Crippen molar-refractivity contribution in [1.29, 1.82) is 0 Å². The minimum absolute atomic E-state index is 0.681. The van der Waals surface area contributed by atoms with Crippen LogP contribution in [0.3, 0.4) is 0 Å². The lowest BCUT2D eigenvalue weighted by molar-refractivity contribution is 0.280. The molecule has 1 aliphatic heterocycles. The van der Waals surface area contributed by atoms with E-state index in [0.29, 0.717) is 5.92 Å². The van der Waals surface area contributed by atoms with Crippen LogP contribution < -0.4 is 5.32 Å². The third-order valence-electron chi connectivity index (χ3n) is 4.24. The van der Waals surface area contributed by atoms with Crippen LogP contribution >= 0.6 is 0 Å². The molecule has 0 spiro atoms. The molecule has 1 aliphatic rings. The maximum Gasteiger partial charge on any atom is 0.120 e. The Bertz CT molecular complexity index is 411. The first kappa shape index (κ1) is 15.6. The predicted molar refractivity (Wildman–Crippen MR) is 83.7 cm³/mol. The summed E-state index contributed by atoms with van der Waals surface area (Å²) in [6.07, 6.45) is 2.65. The molecule has 0 radical (unpaired) electrons. The van der Waals surface area contributed by atoms with Gasteiger partial charge in [0.1, 0.15) is 11.5 Å². The third-order valence-corrected chi connectivity index (χ3v) is 4.24. The maximum atomic E-state index is 6.02. The zero-order chi connectivity index (χ0) is 14.5. The summed E-state index contributed by atoms with van der Waals surface area (Å²) in [5, 5.41) is 3.46. The molecule has 20 heavy (non-hydrogen) atoms. The Balaban J connectivity index is 1.84. The van der Waals surface area contributed by atoms with Crippen molar-refractivity contribution in [2.75, 3.05) is 19.6 Å². The van der Waals surface area contributed by atoms with Gasteiger partial charge in [0.2, 0.25) is 0 Å². The summed E-state index contributed by atoms with van der Waals surface area (Å²) in [6, 6.07) is 2.21. The van der Waals surface area contributed by atoms with E-state index in [0.717, 1.165) is 37.1 Å². The average Bonchev–Trinajstić information content (AvgIpc) is 2.97. The normalized spacial score (nSPS) is 20.1. The van der Waals surface area contributed by atoms with Gasteiger partial charge in [0.05, 0.1) is 13.1 Å². The number of nitrogens with one attached hydrogen (secondary N) is 1. The Morgan fingerprint density at radius 3 is 2.90 bits per heavy atom. The van der Waals surface area contributed by atoms with Crippen molar-refractivity contribution in [1.82, 2.24) is 10.2 Å². The van der Waals surface area contributed by atoms with E-state index in [1.807, 2.05) is 0 Å². The van der Waals surface area contributed by atoms with Crippen molar-refractivity contribution < 1.29 is 4.42 Å². The second-order valence-electron chi connectivity index (χ2n) is 6.64. The molecule has 2 heterocycles. The van der Waals surface area contributed by atoms with Gasteiger partial charge in [0.15, 0.2) is 0 Å². The molecule has 1 unspecified atom stereocenters. The first-order valence-electron chi connectivity index (χ1n) is 8.09. The second kappa shape index (κ2) is 7.28. The fraction of sp³-hybridized carbons (Fsp3) is 0.765. The molecule has 1 saturated heterocycles. The fourth-order valence-corrected chi connectivity index (χ4v) is 2.93. The molecule has 0 aliphatic carbocycles. The Labute approximate surface area is 123 Å². The largest absolute Gasteiger partial charge is 0.463 e. The van der Waals surface area contributed by atoms with Gasteiger partial charge in [-0.05, 0) is 49.9 Å². The molecule has 0 amide bonds. The van der Waals surface area contributed by atoms with Gasteiger partial charge in [-0.2, -0.15) is 0 Å². The van der Waals surface area contributed by atoms with Gasteiger partial charge >= 0.3 is 0 Å². The summed E-state index contributed by atoms with van der Waals surface area (Å²) in [6.45, 7) is 14.2. The highest BCUT2D eigenvalue weighted by Crippen LogP contribution is 2.23. The molecule has 3 nitrogen and oxygen atoms in total. The average molecular weight is 278 g/mol. The van der Waals surface area contributed by atoms with E-state index in [-0.39, 0.29) is 0 Å². The molecular weight excluding hydrogens is 248 g/mol. The van der Waals surface area contributed by atoms with E-state index in [9.17, 15) is 0 Å². The molecule has 1 N–H and O–H groups in total. The van der Waals surface area contributed by atoms with Crippen LogP contribution in [0.5, 0.6) is 0 Å². The smallest absolute Gasteiger partial charge is 0.120 e. The molecule has 1 aromatic heterocycles. The minimum atomic E-state index is 0.681. The molecule has 0 saturated carbocycles. The van der Waals surface area contributed by atoms with Gasteiger partial charge in [-0.1, -0.05) is 27.2 Å². The van der Waals surface area contributed by atoms with Gasteiger partial charge in [0.25, 0.3) is 0 Å². The van der Waals surface area contributed by atoms with Crippen molar-refractivity contribution in [3.63, 3.8) is 0 Å². The standard InChI is InChI=1S/C17H30N2O/c1-5-15-6-7-19(11-15)12-16-8-14(4)17(20-16)10-18-9-13(2)3/h8,13,15,18H,5-7,9-12H2,1-4H3. The quantitative estimate of drug-likeness (QED) is 0.826. The fourth-order valence-electron chi connectivity index (χ4n) is 2.93. The van der Waals surface area contributed by atoms with E-state index < -0.39 is 0 Å². The number of rotatable bonds is 7. The zero-order valence-corrected chi connectivity index (χ0v) is 13.5. The lowest BCUT2D eigenvalue weighted by Gasteiger charge is -2.13. The summed E-state index contributed by atoms with van der Waals surface area (Å²) >= 11 is 0. The van der Waals surface area contributed by atoms with Gasteiger partial charge < -0.3 is 9.73 Å². The molecule has 1 aromatic rings. The SMILES string of the molecule is CCC1CCN(Cc2cc(C)c(CNCC(C)C)o2)C1. The summed E-state index contributed by atoms with van der Waals surface area (Å²) < 4.78 is 6.02. The first-order chi connectivity index (χ1) is 9.58. The van der Waals surface area contributed by atoms with Gasteiger partial charge in [-0.3, -0.25) is 4.90 Å². The number of furan rings is 1. The van der Waals surface area contributed by atoms with Crippen LogP contribution in [0.15, 0.2) is 10.5 Å². The lowest BCUT2D eigenvalue weighted by Crippen LogP contribution is -2.20. The van der Waals surface area contributed by atoms with E-state index in [2.05, 4.69) is 44.0 Å². The zero-order valence-electron chi connectivity index (χ0n) is 13.5. The minimum Gasteiger partial charge on any atom is -0.463 e. The number of nitrogens with zero attached hydrogens (tertiary/aromatic N) is 1. The molecule has 1 atom stereocenters. The van der Waals surface area contributed by atoms with Gasteiger partial charge in [-0.25, -0.2) is 0 Å². The summed E-state index contributed by atoms with van der Waals surface area (Å²) in [5.41, 5.74) is 1.28. The van der Waals surface area contributed by atoms with Gasteiger partial charge in [0, 0.05) is 6.54 Å². The molecule has 2 rings (SSSR count). The number of aryl methyl sites for hydroxylation is 1. The van der Waals surface area contributed by atoms with E-state index >= 15 is 0 Å². The van der Waals surface area contributed by atoms with E-state index in [4.69, 9.17) is 4.42 Å². The van der Waals surface area contributed by atoms with Crippen molar-refractivity contribution in [2.24, 2.45) is 11.8 Å². The van der Waals surface area contributed by atoms with Crippen molar-refractivity contribution in [3.05, 3.63) is 23.2 Å². The van der Waals surface area contributed by atoms with Crippen LogP contribution in [0.2, 0.25) is 0 Å². The lowest BCUT2D eigenvalue weighted by atomic mass is 10.1. The third kappa shape index (κ3) is 4.35. The Hall–Kier alpha value is -0.800. The van der Waals surface area contributed by atoms with Crippen LogP contribution in [0.1, 0.15) is 50.7 Å². The highest BCUT2D eigenvalue weighted by atomic mass is 16.3. The highest BCUT2D eigenvalue weighted by molar-refractivity contribution is 5.20. The Morgan fingerprint density at radius 2 is 2.25 bits per heavy atom. The molecule has 0 bridgehead atoms. The van der Waals surface area contributed by atoms with Crippen molar-refractivity contribution >= 4 is 0 Å². The molecule has 0 aromatic carbocycles. The van der Waals surface area contributed by atoms with E-state index in [1.54, 1.807) is 0 Å². The van der Waals surface area contributed by atoms with Crippen LogP contribution in [0.25, 0.3) is 0 Å². The maximum absolute atomic E-state index is 6.02. The second-order valence-corrected chi connectivity index (χ2v) is 6.64. The van der Waals surface area contributed by atoms with Crippen LogP contribution in [0, 0.1) is 18.8 Å². The number of hydrogen-bond acceptors (Lipinski definition) is 3. The first-order valence-corrected chi connectivity index (χ1v) is 8.09. The van der Waals surface area contributed by atoms with Crippen LogP contribution in [0.4, 0.5) is 0 Å². The van der Waals surface area contributed by atoms with Gasteiger partial charge in [-0.15, -0.1) is 0 Å². The molecule has 1 fully saturated rings. The Kier molecular flexibility index (Phi) is 5.67. The highest BCUT2D eigenvalue weighted by Gasteiger charge is 2.22. The Morgan fingerprint density at radius 1 is 1.45 bits per heavy atom. The molecule has 114 valence electrons.